The van der Waals surface area contributed by atoms with Gasteiger partial charge in [0, 0.05) is 23.6 Å². The second-order valence-corrected chi connectivity index (χ2v) is 5.53. The van der Waals surface area contributed by atoms with Crippen LogP contribution in [0, 0.1) is 0 Å². The highest BCUT2D eigenvalue weighted by Crippen LogP contribution is 2.28. The fourth-order valence-electron chi connectivity index (χ4n) is 2.67. The standard InChI is InChI=1S/C20H19NO3/c1-23-19-10-8-16(12-20(19)24-2)18(22)9-7-14-11-15-5-3-4-6-17(15)21-13-14/h3-6,8,10-13H,7,9H2,1-2H3. The average molecular weight is 321 g/mol. The van der Waals surface area contributed by atoms with Crippen LogP contribution in [0.1, 0.15) is 22.3 Å². The molecule has 4 heteroatoms. The number of carbonyl (C=O) groups is 1. The molecule has 0 fully saturated rings. The normalized spacial score (nSPS) is 10.6. The van der Waals surface area contributed by atoms with Crippen LogP contribution >= 0.6 is 0 Å². The molecule has 3 aromatic rings. The number of nitrogens with zero attached hydrogens (tertiary/aromatic N) is 1. The van der Waals surface area contributed by atoms with E-state index in [-0.39, 0.29) is 5.78 Å². The number of aromatic nitrogens is 1. The number of ether oxygens (including phenoxy) is 2. The number of hydrogen-bond donors (Lipinski definition) is 0. The minimum Gasteiger partial charge on any atom is -0.493 e. The van der Waals surface area contributed by atoms with Crippen molar-refractivity contribution >= 4 is 16.7 Å². The molecular formula is C20H19NO3. The van der Waals surface area contributed by atoms with Crippen LogP contribution in [-0.4, -0.2) is 25.0 Å². The van der Waals surface area contributed by atoms with Crippen molar-refractivity contribution in [1.82, 2.24) is 4.98 Å². The third-order valence-electron chi connectivity index (χ3n) is 3.99. The van der Waals surface area contributed by atoms with E-state index in [1.807, 2.05) is 30.5 Å². The molecule has 3 rings (SSSR count). The molecule has 0 N–H and O–H groups in total. The predicted octanol–water partition coefficient (Wildman–Crippen LogP) is 4.07. The minimum absolute atomic E-state index is 0.0733. The molecule has 0 unspecified atom stereocenters. The highest BCUT2D eigenvalue weighted by molar-refractivity contribution is 5.96. The maximum Gasteiger partial charge on any atom is 0.163 e. The molecule has 0 bridgehead atoms. The molecule has 0 aliphatic rings. The monoisotopic (exact) mass is 321 g/mol. The van der Waals surface area contributed by atoms with E-state index in [1.54, 1.807) is 32.4 Å². The Bertz CT molecular complexity index is 874. The molecule has 0 atom stereocenters. The van der Waals surface area contributed by atoms with E-state index >= 15 is 0 Å². The van der Waals surface area contributed by atoms with Gasteiger partial charge in [-0.3, -0.25) is 9.78 Å². The van der Waals surface area contributed by atoms with Crippen molar-refractivity contribution < 1.29 is 14.3 Å². The lowest BCUT2D eigenvalue weighted by Gasteiger charge is -2.09. The highest BCUT2D eigenvalue weighted by atomic mass is 16.5. The van der Waals surface area contributed by atoms with Gasteiger partial charge >= 0.3 is 0 Å². The number of carbonyl (C=O) groups excluding carboxylic acids is 1. The Kier molecular flexibility index (Phi) is 4.75. The van der Waals surface area contributed by atoms with Gasteiger partial charge in [0.1, 0.15) is 0 Å². The minimum atomic E-state index is 0.0733. The van der Waals surface area contributed by atoms with Gasteiger partial charge in [-0.25, -0.2) is 0 Å². The first-order chi connectivity index (χ1) is 11.7. The van der Waals surface area contributed by atoms with Gasteiger partial charge in [0.25, 0.3) is 0 Å². The summed E-state index contributed by atoms with van der Waals surface area (Å²) in [6, 6.07) is 15.3. The van der Waals surface area contributed by atoms with Crippen molar-refractivity contribution in [2.24, 2.45) is 0 Å². The number of ketones is 1. The third kappa shape index (κ3) is 3.38. The summed E-state index contributed by atoms with van der Waals surface area (Å²) in [5.41, 5.74) is 2.65. The number of benzene rings is 2. The molecule has 0 saturated heterocycles. The van der Waals surface area contributed by atoms with Crippen LogP contribution in [0.25, 0.3) is 10.9 Å². The van der Waals surface area contributed by atoms with Gasteiger partial charge in [-0.15, -0.1) is 0 Å². The van der Waals surface area contributed by atoms with Crippen molar-refractivity contribution in [3.05, 3.63) is 65.9 Å². The molecule has 0 radical (unpaired) electrons. The second-order valence-electron chi connectivity index (χ2n) is 5.53. The average Bonchev–Trinajstić information content (AvgIpc) is 2.65. The lowest BCUT2D eigenvalue weighted by atomic mass is 10.0. The summed E-state index contributed by atoms with van der Waals surface area (Å²) in [7, 11) is 3.14. The van der Waals surface area contributed by atoms with Crippen molar-refractivity contribution in [2.45, 2.75) is 12.8 Å². The van der Waals surface area contributed by atoms with Crippen molar-refractivity contribution in [3.63, 3.8) is 0 Å². The van der Waals surface area contributed by atoms with Gasteiger partial charge < -0.3 is 9.47 Å². The number of methoxy groups -OCH3 is 2. The van der Waals surface area contributed by atoms with Crippen LogP contribution in [0.5, 0.6) is 11.5 Å². The van der Waals surface area contributed by atoms with E-state index < -0.39 is 0 Å². The number of fused-ring (bicyclic) bond motifs is 1. The van der Waals surface area contributed by atoms with E-state index in [2.05, 4.69) is 11.1 Å². The van der Waals surface area contributed by atoms with Crippen LogP contribution in [0.15, 0.2) is 54.7 Å². The summed E-state index contributed by atoms with van der Waals surface area (Å²) < 4.78 is 10.4. The Labute approximate surface area is 141 Å². The van der Waals surface area contributed by atoms with E-state index in [0.717, 1.165) is 16.5 Å². The van der Waals surface area contributed by atoms with Crippen LogP contribution < -0.4 is 9.47 Å². The van der Waals surface area contributed by atoms with Crippen molar-refractivity contribution in [3.8, 4) is 11.5 Å². The molecule has 0 amide bonds. The molecule has 24 heavy (non-hydrogen) atoms. The van der Waals surface area contributed by atoms with Gasteiger partial charge in [-0.05, 0) is 42.3 Å². The van der Waals surface area contributed by atoms with Crippen LogP contribution in [0.3, 0.4) is 0 Å². The molecule has 0 aliphatic heterocycles. The number of hydrogen-bond acceptors (Lipinski definition) is 4. The van der Waals surface area contributed by atoms with E-state index in [9.17, 15) is 4.79 Å². The second kappa shape index (κ2) is 7.13. The number of pyridine rings is 1. The van der Waals surface area contributed by atoms with Crippen LogP contribution in [0.2, 0.25) is 0 Å². The molecule has 0 spiro atoms. The first kappa shape index (κ1) is 16.0. The van der Waals surface area contributed by atoms with E-state index in [0.29, 0.717) is 29.9 Å². The Morgan fingerprint density at radius 2 is 1.79 bits per heavy atom. The van der Waals surface area contributed by atoms with Gasteiger partial charge in [-0.2, -0.15) is 0 Å². The summed E-state index contributed by atoms with van der Waals surface area (Å²) >= 11 is 0. The summed E-state index contributed by atoms with van der Waals surface area (Å²) in [5, 5.41) is 1.09. The smallest absolute Gasteiger partial charge is 0.163 e. The molecule has 1 aromatic heterocycles. The zero-order valence-corrected chi connectivity index (χ0v) is 13.8. The largest absolute Gasteiger partial charge is 0.493 e. The first-order valence-corrected chi connectivity index (χ1v) is 7.80. The van der Waals surface area contributed by atoms with Crippen molar-refractivity contribution in [2.75, 3.05) is 14.2 Å². The molecule has 0 saturated carbocycles. The number of aryl methyl sites for hydroxylation is 1. The van der Waals surface area contributed by atoms with Crippen LogP contribution in [0.4, 0.5) is 0 Å². The SMILES string of the molecule is COc1ccc(C(=O)CCc2cnc3ccccc3c2)cc1OC. The summed E-state index contributed by atoms with van der Waals surface area (Å²) in [4.78, 5) is 16.9. The van der Waals surface area contributed by atoms with Gasteiger partial charge in [-0.1, -0.05) is 18.2 Å². The molecule has 0 aliphatic carbocycles. The highest BCUT2D eigenvalue weighted by Gasteiger charge is 2.11. The Hall–Kier alpha value is -2.88. The zero-order chi connectivity index (χ0) is 16.9. The Balaban J connectivity index is 1.72. The quantitative estimate of drug-likeness (QED) is 0.642. The zero-order valence-electron chi connectivity index (χ0n) is 13.8. The summed E-state index contributed by atoms with van der Waals surface area (Å²) in [5.74, 6) is 1.26. The number of rotatable bonds is 6. The topological polar surface area (TPSA) is 48.4 Å². The maximum absolute atomic E-state index is 12.4. The molecule has 4 nitrogen and oxygen atoms in total. The third-order valence-corrected chi connectivity index (χ3v) is 3.99. The van der Waals surface area contributed by atoms with E-state index in [4.69, 9.17) is 9.47 Å². The first-order valence-electron chi connectivity index (χ1n) is 7.80. The summed E-state index contributed by atoms with van der Waals surface area (Å²) in [6.45, 7) is 0. The fourth-order valence-corrected chi connectivity index (χ4v) is 2.67. The fraction of sp³-hybridized carbons (Fsp3) is 0.200. The molecule has 122 valence electrons. The molecular weight excluding hydrogens is 302 g/mol. The van der Waals surface area contributed by atoms with E-state index in [1.165, 1.54) is 0 Å². The number of para-hydroxylation sites is 1. The Morgan fingerprint density at radius 1 is 1.00 bits per heavy atom. The lowest BCUT2D eigenvalue weighted by Crippen LogP contribution is -2.02. The maximum atomic E-state index is 12.4. The van der Waals surface area contributed by atoms with Gasteiger partial charge in [0.2, 0.25) is 0 Å². The molecule has 1 heterocycles. The summed E-state index contributed by atoms with van der Waals surface area (Å²) in [6.07, 6.45) is 2.92. The van der Waals surface area contributed by atoms with Crippen molar-refractivity contribution in [1.29, 1.82) is 0 Å². The predicted molar refractivity (Wildman–Crippen MR) is 93.9 cm³/mol. The Morgan fingerprint density at radius 3 is 2.58 bits per heavy atom. The lowest BCUT2D eigenvalue weighted by molar-refractivity contribution is 0.0982. The molecule has 2 aromatic carbocycles. The van der Waals surface area contributed by atoms with Gasteiger partial charge in [0.15, 0.2) is 17.3 Å². The van der Waals surface area contributed by atoms with Gasteiger partial charge in [0.05, 0.1) is 19.7 Å². The van der Waals surface area contributed by atoms with Crippen LogP contribution in [-0.2, 0) is 6.42 Å². The number of Topliss-reactive ketones (excluding diaryl/α,β-unsaturated/α-hetero) is 1.